The van der Waals surface area contributed by atoms with Crippen LogP contribution < -0.4 is 0 Å². The number of fused-ring (bicyclic) bond motifs is 4. The average Bonchev–Trinajstić information content (AvgIpc) is 4.03. The number of phenols is 2. The summed E-state index contributed by atoms with van der Waals surface area (Å²) in [5, 5.41) is 28.5. The van der Waals surface area contributed by atoms with Crippen molar-refractivity contribution in [3.63, 3.8) is 0 Å². The van der Waals surface area contributed by atoms with E-state index in [2.05, 4.69) is 30.3 Å². The molecule has 8 bridgehead atoms. The number of phenolic OH excluding ortho intramolecular Hbond substituents is 2. The third-order valence-electron chi connectivity index (χ3n) is 19.7. The lowest BCUT2D eigenvalue weighted by Gasteiger charge is -2.41. The highest BCUT2D eigenvalue weighted by Crippen LogP contribution is 2.79. The zero-order chi connectivity index (χ0) is 35.1. The molecule has 1 saturated carbocycles. The van der Waals surface area contributed by atoms with Crippen LogP contribution in [0.15, 0.2) is 65.8 Å². The standard InChI is InChI=1S/C53H44O2/c54-22-5-1-20(2-6-22)36(21-3-7-23(55)8-4-21)45-50-46-37-26-11-9-24-25-10-12-27-29-14-16-31-33-18-17-32-30-15-13-28(26)39(46)41(30)48-43(32)44(33)49-42(31)40(29)47(51(45)53(49)52(48)50)38(27)35(25)19-34(24)37/h1-8,19,24-33,36-37,45,54-55H,9-18H2. The molecule has 268 valence electrons. The number of hydrogen-bond donors (Lipinski definition) is 2. The minimum Gasteiger partial charge on any atom is -0.508 e. The largest absolute Gasteiger partial charge is 0.508 e. The summed E-state index contributed by atoms with van der Waals surface area (Å²) in [6.45, 7) is 0. The molecule has 2 heteroatoms. The Hall–Kier alpha value is -4.30. The van der Waals surface area contributed by atoms with E-state index in [4.69, 9.17) is 0 Å². The smallest absolute Gasteiger partial charge is 0.115 e. The summed E-state index contributed by atoms with van der Waals surface area (Å²) >= 11 is 0. The first-order valence-corrected chi connectivity index (χ1v) is 22.4. The van der Waals surface area contributed by atoms with E-state index in [-0.39, 0.29) is 11.8 Å². The van der Waals surface area contributed by atoms with Gasteiger partial charge in [0, 0.05) is 17.8 Å². The third kappa shape index (κ3) is 2.70. The van der Waals surface area contributed by atoms with E-state index >= 15 is 0 Å². The Morgan fingerprint density at radius 2 is 0.927 bits per heavy atom. The van der Waals surface area contributed by atoms with Gasteiger partial charge in [-0.2, -0.15) is 0 Å². The molecule has 12 unspecified atom stereocenters. The van der Waals surface area contributed by atoms with Gasteiger partial charge < -0.3 is 10.2 Å². The lowest BCUT2D eigenvalue weighted by atomic mass is 9.63. The van der Waals surface area contributed by atoms with Gasteiger partial charge in [-0.3, -0.25) is 0 Å². The molecule has 2 nitrogen and oxygen atoms in total. The Kier molecular flexibility index (Phi) is 4.43. The summed E-state index contributed by atoms with van der Waals surface area (Å²) in [5.74, 6) is 8.74. The van der Waals surface area contributed by atoms with Gasteiger partial charge in [-0.1, -0.05) is 35.9 Å². The van der Waals surface area contributed by atoms with Crippen LogP contribution in [0, 0.1) is 23.7 Å². The first-order valence-electron chi connectivity index (χ1n) is 22.4. The minimum absolute atomic E-state index is 0.0953. The molecule has 5 aromatic rings. The van der Waals surface area contributed by atoms with Crippen molar-refractivity contribution < 1.29 is 10.2 Å². The molecule has 0 spiro atoms. The molecule has 0 aliphatic heterocycles. The summed E-state index contributed by atoms with van der Waals surface area (Å²) in [7, 11) is 0. The summed E-state index contributed by atoms with van der Waals surface area (Å²) < 4.78 is 0. The van der Waals surface area contributed by atoms with E-state index in [0.717, 1.165) is 35.5 Å². The van der Waals surface area contributed by atoms with Crippen LogP contribution in [0.1, 0.15) is 184 Å². The summed E-state index contributed by atoms with van der Waals surface area (Å²) in [6, 6.07) is 16.7. The lowest BCUT2D eigenvalue weighted by molar-refractivity contribution is 0.236. The Morgan fingerprint density at radius 1 is 0.418 bits per heavy atom. The second kappa shape index (κ2) is 8.66. The molecule has 12 aliphatic rings. The van der Waals surface area contributed by atoms with E-state index in [1.54, 1.807) is 38.2 Å². The Labute approximate surface area is 321 Å². The van der Waals surface area contributed by atoms with Crippen LogP contribution in [-0.2, 0) is 0 Å². The van der Waals surface area contributed by atoms with Crippen molar-refractivity contribution in [3.8, 4) is 11.5 Å². The fourth-order valence-electron chi connectivity index (χ4n) is 18.6. The molecule has 55 heavy (non-hydrogen) atoms. The molecule has 5 aromatic carbocycles. The normalized spacial score (nSPS) is 37.8. The van der Waals surface area contributed by atoms with Crippen molar-refractivity contribution in [2.75, 3.05) is 0 Å². The molecule has 0 radical (unpaired) electrons. The second-order valence-corrected chi connectivity index (χ2v) is 20.7. The van der Waals surface area contributed by atoms with Crippen LogP contribution in [-0.4, -0.2) is 10.2 Å². The Balaban J connectivity index is 1.15. The molecule has 12 atom stereocenters. The van der Waals surface area contributed by atoms with Crippen molar-refractivity contribution in [1.29, 1.82) is 0 Å². The van der Waals surface area contributed by atoms with E-state index in [0.29, 0.717) is 41.1 Å². The van der Waals surface area contributed by atoms with Crippen LogP contribution in [0.4, 0.5) is 0 Å². The summed E-state index contributed by atoms with van der Waals surface area (Å²) in [6.07, 6.45) is 16.9. The highest BCUT2D eigenvalue weighted by molar-refractivity contribution is 6.24. The summed E-state index contributed by atoms with van der Waals surface area (Å²) in [5.41, 5.74) is 26.5. The van der Waals surface area contributed by atoms with Crippen LogP contribution >= 0.6 is 0 Å². The number of benzene rings is 5. The number of allylic oxidation sites excluding steroid dienone is 4. The maximum absolute atomic E-state index is 10.7. The molecule has 2 N–H and O–H groups in total. The monoisotopic (exact) mass is 712 g/mol. The number of aromatic hydroxyl groups is 2. The predicted molar refractivity (Wildman–Crippen MR) is 216 cm³/mol. The molecule has 0 aromatic heterocycles. The summed E-state index contributed by atoms with van der Waals surface area (Å²) in [4.78, 5) is 0. The van der Waals surface area contributed by atoms with Gasteiger partial charge in [0.05, 0.1) is 0 Å². The van der Waals surface area contributed by atoms with Crippen LogP contribution in [0.25, 0.3) is 27.1 Å². The highest BCUT2D eigenvalue weighted by Gasteiger charge is 2.63. The van der Waals surface area contributed by atoms with Gasteiger partial charge in [0.1, 0.15) is 11.5 Å². The van der Waals surface area contributed by atoms with Gasteiger partial charge in [0.25, 0.3) is 0 Å². The number of hydrogen-bond acceptors (Lipinski definition) is 2. The topological polar surface area (TPSA) is 40.5 Å². The minimum atomic E-state index is 0.0953. The van der Waals surface area contributed by atoms with E-state index in [1.807, 2.05) is 79.9 Å². The van der Waals surface area contributed by atoms with Crippen LogP contribution in [0.5, 0.6) is 11.5 Å². The van der Waals surface area contributed by atoms with Gasteiger partial charge in [0.15, 0.2) is 0 Å². The molecular formula is C53H44O2. The first kappa shape index (κ1) is 28.1. The van der Waals surface area contributed by atoms with Gasteiger partial charge in [-0.15, -0.1) is 0 Å². The maximum Gasteiger partial charge on any atom is 0.115 e. The lowest BCUT2D eigenvalue weighted by Crippen LogP contribution is -2.29. The Morgan fingerprint density at radius 3 is 1.58 bits per heavy atom. The van der Waals surface area contributed by atoms with Crippen LogP contribution in [0.3, 0.4) is 0 Å². The van der Waals surface area contributed by atoms with E-state index < -0.39 is 0 Å². The predicted octanol–water partition coefficient (Wildman–Crippen LogP) is 12.5. The van der Waals surface area contributed by atoms with E-state index in [9.17, 15) is 10.2 Å². The first-order chi connectivity index (χ1) is 27.2. The van der Waals surface area contributed by atoms with Gasteiger partial charge >= 0.3 is 0 Å². The molecule has 17 rings (SSSR count). The average molecular weight is 713 g/mol. The number of rotatable bonds is 3. The SMILES string of the molecule is Oc1ccc(C(c2ccc(O)cc2)C2c3c4c5c6c7c8c9c%10c%11c%12c(c2c%10c37)C2C3=CC7=C4C4CCC7C3CCC2C%12CCC%11C9CCC8C6CCC54)cc1. The zero-order valence-corrected chi connectivity index (χ0v) is 31.2. The van der Waals surface area contributed by atoms with Crippen LogP contribution in [0.2, 0.25) is 0 Å². The van der Waals surface area contributed by atoms with E-state index in [1.165, 1.54) is 75.3 Å². The van der Waals surface area contributed by atoms with Crippen molar-refractivity contribution in [2.45, 2.75) is 117 Å². The zero-order valence-electron chi connectivity index (χ0n) is 31.2. The second-order valence-electron chi connectivity index (χ2n) is 20.7. The van der Waals surface area contributed by atoms with Crippen molar-refractivity contribution in [1.82, 2.24) is 0 Å². The van der Waals surface area contributed by atoms with Gasteiger partial charge in [-0.25, -0.2) is 0 Å². The third-order valence-corrected chi connectivity index (χ3v) is 19.7. The quantitative estimate of drug-likeness (QED) is 0.183. The molecular weight excluding hydrogens is 669 g/mol. The fraction of sp³-hybridized carbons (Fsp3) is 0.434. The fourth-order valence-corrected chi connectivity index (χ4v) is 18.6. The molecule has 0 saturated heterocycles. The van der Waals surface area contributed by atoms with Gasteiger partial charge in [-0.05, 0) is 247 Å². The Bertz CT molecular complexity index is 2820. The maximum atomic E-state index is 10.7. The van der Waals surface area contributed by atoms with Crippen molar-refractivity contribution in [3.05, 3.63) is 133 Å². The highest BCUT2D eigenvalue weighted by atomic mass is 16.3. The van der Waals surface area contributed by atoms with Crippen molar-refractivity contribution >= 4 is 27.1 Å². The molecule has 12 aliphatic carbocycles. The molecule has 1 fully saturated rings. The van der Waals surface area contributed by atoms with Crippen molar-refractivity contribution in [2.24, 2.45) is 23.7 Å². The molecule has 0 amide bonds. The van der Waals surface area contributed by atoms with Gasteiger partial charge in [0.2, 0.25) is 0 Å². The molecule has 0 heterocycles.